The summed E-state index contributed by atoms with van der Waals surface area (Å²) in [4.78, 5) is 8.20. The molecule has 0 aliphatic heterocycles. The van der Waals surface area contributed by atoms with Crippen LogP contribution in [-0.2, 0) is 13.1 Å². The molecule has 0 radical (unpaired) electrons. The van der Waals surface area contributed by atoms with Crippen molar-refractivity contribution in [2.75, 3.05) is 7.05 Å². The number of pyridine rings is 1. The normalized spacial score (nSPS) is 10.1. The van der Waals surface area contributed by atoms with Gasteiger partial charge in [0.05, 0.1) is 12.0 Å². The van der Waals surface area contributed by atoms with Crippen molar-refractivity contribution >= 4 is 0 Å². The van der Waals surface area contributed by atoms with Crippen LogP contribution in [0.3, 0.4) is 0 Å². The maximum atomic E-state index is 8.76. The molecule has 0 atom stereocenters. The summed E-state index contributed by atoms with van der Waals surface area (Å²) in [5, 5.41) is 11.8. The van der Waals surface area contributed by atoms with Crippen molar-refractivity contribution < 1.29 is 0 Å². The average Bonchev–Trinajstić information content (AvgIpc) is 2.77. The molecule has 2 heterocycles. The fourth-order valence-corrected chi connectivity index (χ4v) is 1.61. The number of rotatable bonds is 4. The van der Waals surface area contributed by atoms with Crippen molar-refractivity contribution in [1.82, 2.24) is 19.9 Å². The third-order valence-corrected chi connectivity index (χ3v) is 2.35. The minimum atomic E-state index is 0.443. The van der Waals surface area contributed by atoms with Crippen LogP contribution in [-0.4, -0.2) is 21.6 Å². The molecule has 2 aromatic rings. The highest BCUT2D eigenvalue weighted by atomic mass is 15.0. The smallest absolute Gasteiger partial charge is 0.140 e. The Bertz CT molecular complexity index is 538. The van der Waals surface area contributed by atoms with Crippen LogP contribution in [0.5, 0.6) is 0 Å². The standard InChI is InChI=1S/C12H13N5/c1-14-6-12-8-17(9-16-12)7-10-2-3-15-11(4-10)5-13/h2-4,8-9,14H,6-7H2,1H3. The molecule has 0 saturated heterocycles. The molecule has 1 N–H and O–H groups in total. The molecular weight excluding hydrogens is 214 g/mol. The lowest BCUT2D eigenvalue weighted by Crippen LogP contribution is -2.05. The van der Waals surface area contributed by atoms with Gasteiger partial charge in [0.2, 0.25) is 0 Å². The molecule has 0 bridgehead atoms. The number of nitrogens with one attached hydrogen (secondary N) is 1. The zero-order valence-corrected chi connectivity index (χ0v) is 9.59. The fourth-order valence-electron chi connectivity index (χ4n) is 1.61. The summed E-state index contributed by atoms with van der Waals surface area (Å²) in [7, 11) is 1.89. The fraction of sp³-hybridized carbons (Fsp3) is 0.250. The monoisotopic (exact) mass is 227 g/mol. The second-order valence-corrected chi connectivity index (χ2v) is 3.73. The first kappa shape index (κ1) is 11.3. The maximum Gasteiger partial charge on any atom is 0.140 e. The molecule has 2 aromatic heterocycles. The quantitative estimate of drug-likeness (QED) is 0.843. The van der Waals surface area contributed by atoms with E-state index in [2.05, 4.69) is 15.3 Å². The third-order valence-electron chi connectivity index (χ3n) is 2.35. The number of aromatic nitrogens is 3. The Hall–Kier alpha value is -2.19. The van der Waals surface area contributed by atoms with Gasteiger partial charge in [0.15, 0.2) is 0 Å². The summed E-state index contributed by atoms with van der Waals surface area (Å²) >= 11 is 0. The van der Waals surface area contributed by atoms with Crippen molar-refractivity contribution in [2.24, 2.45) is 0 Å². The van der Waals surface area contributed by atoms with Gasteiger partial charge in [-0.2, -0.15) is 5.26 Å². The second-order valence-electron chi connectivity index (χ2n) is 3.73. The Morgan fingerprint density at radius 3 is 3.12 bits per heavy atom. The van der Waals surface area contributed by atoms with E-state index < -0.39 is 0 Å². The highest BCUT2D eigenvalue weighted by Gasteiger charge is 2.00. The lowest BCUT2D eigenvalue weighted by Gasteiger charge is -2.02. The first-order chi connectivity index (χ1) is 8.31. The topological polar surface area (TPSA) is 66.5 Å². The van der Waals surface area contributed by atoms with Gasteiger partial charge < -0.3 is 9.88 Å². The van der Waals surface area contributed by atoms with Gasteiger partial charge >= 0.3 is 0 Å². The first-order valence-corrected chi connectivity index (χ1v) is 5.32. The molecule has 0 fully saturated rings. The highest BCUT2D eigenvalue weighted by Crippen LogP contribution is 2.05. The van der Waals surface area contributed by atoms with E-state index in [1.807, 2.05) is 29.9 Å². The van der Waals surface area contributed by atoms with Gasteiger partial charge in [-0.15, -0.1) is 0 Å². The van der Waals surface area contributed by atoms with Gasteiger partial charge in [-0.3, -0.25) is 0 Å². The lowest BCUT2D eigenvalue weighted by molar-refractivity contribution is 0.781. The van der Waals surface area contributed by atoms with Crippen LogP contribution < -0.4 is 5.32 Å². The van der Waals surface area contributed by atoms with Crippen LogP contribution >= 0.6 is 0 Å². The zero-order valence-electron chi connectivity index (χ0n) is 9.59. The highest BCUT2D eigenvalue weighted by molar-refractivity contribution is 5.25. The number of hydrogen-bond acceptors (Lipinski definition) is 4. The minimum Gasteiger partial charge on any atom is -0.333 e. The molecule has 0 aliphatic carbocycles. The summed E-state index contributed by atoms with van der Waals surface area (Å²) in [6.07, 6.45) is 5.43. The Morgan fingerprint density at radius 1 is 1.47 bits per heavy atom. The maximum absolute atomic E-state index is 8.76. The first-order valence-electron chi connectivity index (χ1n) is 5.32. The Kier molecular flexibility index (Phi) is 3.48. The zero-order chi connectivity index (χ0) is 12.1. The largest absolute Gasteiger partial charge is 0.333 e. The summed E-state index contributed by atoms with van der Waals surface area (Å²) < 4.78 is 1.99. The van der Waals surface area contributed by atoms with Crippen molar-refractivity contribution in [1.29, 1.82) is 5.26 Å². The van der Waals surface area contributed by atoms with E-state index >= 15 is 0 Å². The molecule has 0 aliphatic rings. The number of nitriles is 1. The molecule has 0 aromatic carbocycles. The summed E-state index contributed by atoms with van der Waals surface area (Å²) in [6, 6.07) is 5.72. The Labute approximate surface area is 99.7 Å². The SMILES string of the molecule is CNCc1cn(Cc2ccnc(C#N)c2)cn1. The van der Waals surface area contributed by atoms with E-state index in [-0.39, 0.29) is 0 Å². The molecule has 0 saturated carbocycles. The third kappa shape index (κ3) is 2.89. The van der Waals surface area contributed by atoms with Gasteiger partial charge in [-0.25, -0.2) is 9.97 Å². The average molecular weight is 227 g/mol. The van der Waals surface area contributed by atoms with Gasteiger partial charge in [0.1, 0.15) is 11.8 Å². The van der Waals surface area contributed by atoms with Gasteiger partial charge in [-0.05, 0) is 24.7 Å². The molecule has 17 heavy (non-hydrogen) atoms. The number of hydrogen-bond donors (Lipinski definition) is 1. The van der Waals surface area contributed by atoms with Crippen LogP contribution in [0.1, 0.15) is 17.0 Å². The second kappa shape index (κ2) is 5.23. The van der Waals surface area contributed by atoms with Crippen molar-refractivity contribution in [3.05, 3.63) is 47.8 Å². The van der Waals surface area contributed by atoms with Gasteiger partial charge in [0, 0.05) is 25.5 Å². The number of imidazole rings is 1. The van der Waals surface area contributed by atoms with E-state index in [0.29, 0.717) is 12.2 Å². The molecule has 0 unspecified atom stereocenters. The van der Waals surface area contributed by atoms with E-state index in [9.17, 15) is 0 Å². The molecule has 86 valence electrons. The van der Waals surface area contributed by atoms with Crippen LogP contribution in [0.4, 0.5) is 0 Å². The number of nitrogens with zero attached hydrogens (tertiary/aromatic N) is 4. The summed E-state index contributed by atoms with van der Waals surface area (Å²) in [5.74, 6) is 0. The molecule has 2 rings (SSSR count). The predicted molar refractivity (Wildman–Crippen MR) is 63.0 cm³/mol. The molecule has 0 amide bonds. The minimum absolute atomic E-state index is 0.443. The molecular formula is C12H13N5. The van der Waals surface area contributed by atoms with E-state index in [0.717, 1.165) is 17.8 Å². The van der Waals surface area contributed by atoms with Crippen LogP contribution in [0.25, 0.3) is 0 Å². The van der Waals surface area contributed by atoms with Crippen molar-refractivity contribution in [3.63, 3.8) is 0 Å². The van der Waals surface area contributed by atoms with Gasteiger partial charge in [0.25, 0.3) is 0 Å². The lowest BCUT2D eigenvalue weighted by atomic mass is 10.2. The molecule has 5 nitrogen and oxygen atoms in total. The van der Waals surface area contributed by atoms with Gasteiger partial charge in [-0.1, -0.05) is 0 Å². The van der Waals surface area contributed by atoms with Crippen LogP contribution in [0, 0.1) is 11.3 Å². The van der Waals surface area contributed by atoms with Crippen molar-refractivity contribution in [3.8, 4) is 6.07 Å². The molecule has 0 spiro atoms. The van der Waals surface area contributed by atoms with Crippen LogP contribution in [0.2, 0.25) is 0 Å². The molecule has 5 heteroatoms. The Balaban J connectivity index is 2.11. The summed E-state index contributed by atoms with van der Waals surface area (Å²) in [5.41, 5.74) is 2.49. The van der Waals surface area contributed by atoms with E-state index in [1.54, 1.807) is 18.6 Å². The van der Waals surface area contributed by atoms with E-state index in [4.69, 9.17) is 5.26 Å². The Morgan fingerprint density at radius 2 is 2.35 bits per heavy atom. The van der Waals surface area contributed by atoms with Crippen molar-refractivity contribution in [2.45, 2.75) is 13.1 Å². The predicted octanol–water partition coefficient (Wildman–Crippen LogP) is 0.917. The van der Waals surface area contributed by atoms with Crippen LogP contribution in [0.15, 0.2) is 30.9 Å². The summed E-state index contributed by atoms with van der Waals surface area (Å²) in [6.45, 7) is 1.46. The van der Waals surface area contributed by atoms with E-state index in [1.165, 1.54) is 0 Å².